The number of hydrogen-bond donors (Lipinski definition) is 1. The molecule has 0 heterocycles. The van der Waals surface area contributed by atoms with Gasteiger partial charge in [-0.2, -0.15) is 0 Å². The first kappa shape index (κ1) is 13.5. The summed E-state index contributed by atoms with van der Waals surface area (Å²) in [6.07, 6.45) is 5.92. The third kappa shape index (κ3) is 1.75. The molecular weight excluding hydrogens is 196 g/mol. The summed E-state index contributed by atoms with van der Waals surface area (Å²) >= 11 is 0. The largest absolute Gasteiger partial charge is 0.388 e. The van der Waals surface area contributed by atoms with E-state index in [9.17, 15) is 5.11 Å². The maximum Gasteiger partial charge on any atom is 0.0851 e. The fraction of sp³-hybridized carbons (Fsp3) is 0.733. The maximum absolute atomic E-state index is 10.6. The summed E-state index contributed by atoms with van der Waals surface area (Å²) in [4.78, 5) is 0. The number of aliphatic hydroxyl groups excluding tert-OH is 1. The summed E-state index contributed by atoms with van der Waals surface area (Å²) in [6.45, 7) is 15.3. The molecule has 0 saturated heterocycles. The molecule has 1 N–H and O–H groups in total. The van der Waals surface area contributed by atoms with Crippen molar-refractivity contribution in [1.29, 1.82) is 0 Å². The van der Waals surface area contributed by atoms with Crippen LogP contribution in [0.1, 0.15) is 48.5 Å². The highest BCUT2D eigenvalue weighted by Crippen LogP contribution is 2.57. The third-order valence-electron chi connectivity index (χ3n) is 4.06. The summed E-state index contributed by atoms with van der Waals surface area (Å²) in [7, 11) is 0. The van der Waals surface area contributed by atoms with Crippen LogP contribution in [-0.4, -0.2) is 11.2 Å². The Bertz CT molecular complexity index is 306. The van der Waals surface area contributed by atoms with Gasteiger partial charge in [0.05, 0.1) is 6.10 Å². The molecule has 0 aromatic heterocycles. The summed E-state index contributed by atoms with van der Waals surface area (Å²) in [5.74, 6) is 0. The quantitative estimate of drug-likeness (QED) is 0.658. The predicted molar refractivity (Wildman–Crippen MR) is 70.2 cm³/mol. The molecule has 0 aromatic carbocycles. The van der Waals surface area contributed by atoms with Gasteiger partial charge in [-0.15, -0.1) is 0 Å². The van der Waals surface area contributed by atoms with Crippen LogP contribution in [0.2, 0.25) is 0 Å². The van der Waals surface area contributed by atoms with Crippen LogP contribution in [0.3, 0.4) is 0 Å². The minimum Gasteiger partial charge on any atom is -0.388 e. The van der Waals surface area contributed by atoms with Crippen LogP contribution in [0.5, 0.6) is 0 Å². The Morgan fingerprint density at radius 3 is 1.81 bits per heavy atom. The Kier molecular flexibility index (Phi) is 3.15. The van der Waals surface area contributed by atoms with Gasteiger partial charge in [0.15, 0.2) is 0 Å². The molecule has 0 saturated carbocycles. The Morgan fingerprint density at radius 2 is 1.50 bits per heavy atom. The van der Waals surface area contributed by atoms with Crippen LogP contribution < -0.4 is 0 Å². The van der Waals surface area contributed by atoms with E-state index in [1.165, 1.54) is 0 Å². The lowest BCUT2D eigenvalue weighted by molar-refractivity contribution is -0.0756. The van der Waals surface area contributed by atoms with Crippen LogP contribution in [0.15, 0.2) is 23.8 Å². The Hall–Kier alpha value is -0.560. The highest BCUT2D eigenvalue weighted by molar-refractivity contribution is 5.31. The monoisotopic (exact) mass is 222 g/mol. The molecule has 1 atom stereocenters. The molecule has 0 aromatic rings. The fourth-order valence-corrected chi connectivity index (χ4v) is 3.34. The van der Waals surface area contributed by atoms with Gasteiger partial charge in [-0.1, -0.05) is 59.8 Å². The number of allylic oxidation sites excluding steroid dienone is 2. The van der Waals surface area contributed by atoms with Gasteiger partial charge in [-0.3, -0.25) is 0 Å². The molecule has 1 aliphatic rings. The predicted octanol–water partition coefficient (Wildman–Crippen LogP) is 3.94. The summed E-state index contributed by atoms with van der Waals surface area (Å²) in [5, 5.41) is 10.6. The summed E-state index contributed by atoms with van der Waals surface area (Å²) in [6, 6.07) is 0. The second kappa shape index (κ2) is 3.73. The van der Waals surface area contributed by atoms with Gasteiger partial charge in [0.2, 0.25) is 0 Å². The molecule has 0 amide bonds. The van der Waals surface area contributed by atoms with Crippen LogP contribution in [0.4, 0.5) is 0 Å². The van der Waals surface area contributed by atoms with E-state index in [-0.39, 0.29) is 16.2 Å². The maximum atomic E-state index is 10.6. The van der Waals surface area contributed by atoms with E-state index in [1.54, 1.807) is 0 Å². The Balaban J connectivity index is 3.40. The molecule has 16 heavy (non-hydrogen) atoms. The number of aliphatic hydroxyl groups is 1. The molecule has 0 fully saturated rings. The average Bonchev–Trinajstić information content (AvgIpc) is 2.05. The molecule has 0 aliphatic heterocycles. The van der Waals surface area contributed by atoms with Gasteiger partial charge in [0.25, 0.3) is 0 Å². The van der Waals surface area contributed by atoms with Crippen molar-refractivity contribution in [2.75, 3.05) is 0 Å². The lowest BCUT2D eigenvalue weighted by Gasteiger charge is -2.56. The fourth-order valence-electron chi connectivity index (χ4n) is 3.34. The molecule has 1 rings (SSSR count). The minimum atomic E-state index is -0.391. The van der Waals surface area contributed by atoms with Crippen molar-refractivity contribution in [3.63, 3.8) is 0 Å². The van der Waals surface area contributed by atoms with Crippen molar-refractivity contribution in [3.05, 3.63) is 23.8 Å². The van der Waals surface area contributed by atoms with Gasteiger partial charge >= 0.3 is 0 Å². The van der Waals surface area contributed by atoms with E-state index < -0.39 is 6.10 Å². The number of hydrogen-bond acceptors (Lipinski definition) is 1. The standard InChI is InChI=1S/C15H26O/c1-11-9-8-10-15(12(11)16,13(2,3)4)14(5,6)7/h8-10,12,16H,1-7H3. The first-order valence-corrected chi connectivity index (χ1v) is 6.08. The highest BCUT2D eigenvalue weighted by Gasteiger charge is 2.54. The normalized spacial score (nSPS) is 25.5. The molecule has 0 bridgehead atoms. The van der Waals surface area contributed by atoms with E-state index in [0.717, 1.165) is 5.57 Å². The van der Waals surface area contributed by atoms with Crippen LogP contribution in [0.25, 0.3) is 0 Å². The van der Waals surface area contributed by atoms with Crippen LogP contribution >= 0.6 is 0 Å². The Labute approximate surface area is 100 Å². The van der Waals surface area contributed by atoms with Crippen LogP contribution in [-0.2, 0) is 0 Å². The SMILES string of the molecule is CC1=CC=CC(C(C)(C)C)(C(C)(C)C)C1O. The van der Waals surface area contributed by atoms with Gasteiger partial charge in [-0.25, -0.2) is 0 Å². The smallest absolute Gasteiger partial charge is 0.0851 e. The summed E-state index contributed by atoms with van der Waals surface area (Å²) in [5.41, 5.74) is 0.902. The number of rotatable bonds is 0. The second-order valence-electron chi connectivity index (χ2n) is 7.04. The van der Waals surface area contributed by atoms with E-state index in [4.69, 9.17) is 0 Å². The zero-order valence-corrected chi connectivity index (χ0v) is 11.8. The molecule has 0 spiro atoms. The molecule has 1 heteroatoms. The third-order valence-corrected chi connectivity index (χ3v) is 4.06. The van der Waals surface area contributed by atoms with Gasteiger partial charge in [-0.05, 0) is 23.3 Å². The average molecular weight is 222 g/mol. The van der Waals surface area contributed by atoms with E-state index in [0.29, 0.717) is 0 Å². The van der Waals surface area contributed by atoms with Crippen LogP contribution in [0, 0.1) is 16.2 Å². The van der Waals surface area contributed by atoms with E-state index in [2.05, 4.69) is 53.7 Å². The Morgan fingerprint density at radius 1 is 1.06 bits per heavy atom. The minimum absolute atomic E-state index is 0.0245. The molecule has 0 radical (unpaired) electrons. The first-order valence-electron chi connectivity index (χ1n) is 6.08. The zero-order chi connectivity index (χ0) is 12.8. The molecular formula is C15H26O. The van der Waals surface area contributed by atoms with Gasteiger partial charge < -0.3 is 5.11 Å². The lowest BCUT2D eigenvalue weighted by Crippen LogP contribution is -2.54. The van der Waals surface area contributed by atoms with Crippen molar-refractivity contribution in [3.8, 4) is 0 Å². The molecule has 1 aliphatic carbocycles. The van der Waals surface area contributed by atoms with Gasteiger partial charge in [0, 0.05) is 5.41 Å². The molecule has 1 nitrogen and oxygen atoms in total. The van der Waals surface area contributed by atoms with Crippen molar-refractivity contribution in [2.45, 2.75) is 54.6 Å². The first-order chi connectivity index (χ1) is 7.04. The van der Waals surface area contributed by atoms with E-state index in [1.807, 2.05) is 13.0 Å². The van der Waals surface area contributed by atoms with E-state index >= 15 is 0 Å². The van der Waals surface area contributed by atoms with Crippen molar-refractivity contribution < 1.29 is 5.11 Å². The van der Waals surface area contributed by atoms with Gasteiger partial charge in [0.1, 0.15) is 0 Å². The van der Waals surface area contributed by atoms with Crippen molar-refractivity contribution in [1.82, 2.24) is 0 Å². The topological polar surface area (TPSA) is 20.2 Å². The highest BCUT2D eigenvalue weighted by atomic mass is 16.3. The summed E-state index contributed by atoms with van der Waals surface area (Å²) < 4.78 is 0. The van der Waals surface area contributed by atoms with Crippen molar-refractivity contribution in [2.24, 2.45) is 16.2 Å². The molecule has 1 unspecified atom stereocenters. The zero-order valence-electron chi connectivity index (χ0n) is 11.8. The lowest BCUT2D eigenvalue weighted by atomic mass is 9.50. The molecule has 92 valence electrons. The van der Waals surface area contributed by atoms with Crippen molar-refractivity contribution >= 4 is 0 Å². The second-order valence-corrected chi connectivity index (χ2v) is 7.04.